The first-order valence-corrected chi connectivity index (χ1v) is 7.40. The van der Waals surface area contributed by atoms with Crippen molar-refractivity contribution in [2.75, 3.05) is 0 Å². The van der Waals surface area contributed by atoms with Crippen LogP contribution in [0.4, 0.5) is 0 Å². The van der Waals surface area contributed by atoms with Crippen molar-refractivity contribution < 1.29 is 0 Å². The van der Waals surface area contributed by atoms with E-state index in [1.54, 1.807) is 18.2 Å². The van der Waals surface area contributed by atoms with Gasteiger partial charge in [0.15, 0.2) is 5.52 Å². The largest absolute Gasteiger partial charge is 0.332 e. The van der Waals surface area contributed by atoms with Crippen molar-refractivity contribution in [3.8, 4) is 0 Å². The Bertz CT molecular complexity index is 1080. The number of imidazole rings is 1. The Labute approximate surface area is 139 Å². The summed E-state index contributed by atoms with van der Waals surface area (Å²) in [6, 6.07) is 4.99. The highest BCUT2D eigenvalue weighted by Crippen LogP contribution is 2.25. The molecule has 0 unspecified atom stereocenters. The van der Waals surface area contributed by atoms with Gasteiger partial charge >= 0.3 is 11.4 Å². The summed E-state index contributed by atoms with van der Waals surface area (Å²) in [5.74, 6) is 0. The molecule has 7 nitrogen and oxygen atoms in total. The fraction of sp³-hybridized carbons (Fsp3) is 0.214. The second-order valence-electron chi connectivity index (χ2n) is 5.12. The van der Waals surface area contributed by atoms with Gasteiger partial charge in [0.2, 0.25) is 0 Å². The quantitative estimate of drug-likeness (QED) is 0.747. The molecule has 0 saturated heterocycles. The van der Waals surface area contributed by atoms with Crippen LogP contribution in [0, 0.1) is 0 Å². The van der Waals surface area contributed by atoms with Crippen LogP contribution in [0.5, 0.6) is 0 Å². The second kappa shape index (κ2) is 5.43. The number of hydrogen-bond acceptors (Lipinski definition) is 3. The Morgan fingerprint density at radius 1 is 1.04 bits per heavy atom. The highest BCUT2D eigenvalue weighted by Gasteiger charge is 2.18. The predicted molar refractivity (Wildman–Crippen MR) is 88.6 cm³/mol. The van der Waals surface area contributed by atoms with E-state index in [0.717, 1.165) is 4.57 Å². The Hall–Kier alpha value is -2.25. The molecule has 1 N–H and O–H groups in total. The third-order valence-corrected chi connectivity index (χ3v) is 4.47. The van der Waals surface area contributed by atoms with Crippen molar-refractivity contribution in [1.29, 1.82) is 0 Å². The van der Waals surface area contributed by atoms with E-state index in [1.807, 2.05) is 0 Å². The highest BCUT2D eigenvalue weighted by molar-refractivity contribution is 6.36. The van der Waals surface area contributed by atoms with Crippen LogP contribution in [-0.2, 0) is 20.6 Å². The molecule has 0 aliphatic carbocycles. The van der Waals surface area contributed by atoms with Gasteiger partial charge in [0, 0.05) is 29.7 Å². The fourth-order valence-corrected chi connectivity index (χ4v) is 2.99. The zero-order valence-corrected chi connectivity index (χ0v) is 13.8. The van der Waals surface area contributed by atoms with E-state index >= 15 is 0 Å². The first-order chi connectivity index (χ1) is 10.8. The molecular formula is C14H12Cl2N4O3. The normalized spacial score (nSPS) is 11.3. The summed E-state index contributed by atoms with van der Waals surface area (Å²) in [5, 5.41) is 0.779. The predicted octanol–water partition coefficient (Wildman–Crippen LogP) is 1.08. The van der Waals surface area contributed by atoms with Crippen LogP contribution >= 0.6 is 23.2 Å². The topological polar surface area (TPSA) is 81.8 Å². The summed E-state index contributed by atoms with van der Waals surface area (Å²) in [6.45, 7) is 0.0186. The van der Waals surface area contributed by atoms with E-state index in [-0.39, 0.29) is 17.7 Å². The third-order valence-electron chi connectivity index (χ3n) is 3.76. The maximum Gasteiger partial charge on any atom is 0.332 e. The number of halogens is 2. The molecule has 1 aromatic carbocycles. The number of aryl methyl sites for hydroxylation is 1. The van der Waals surface area contributed by atoms with Crippen LogP contribution in [0.1, 0.15) is 5.56 Å². The van der Waals surface area contributed by atoms with Crippen LogP contribution < -0.4 is 16.9 Å². The van der Waals surface area contributed by atoms with Crippen molar-refractivity contribution in [3.05, 3.63) is 65.1 Å². The minimum absolute atomic E-state index is 0.0186. The Morgan fingerprint density at radius 2 is 1.65 bits per heavy atom. The van der Waals surface area contributed by atoms with Gasteiger partial charge in [-0.3, -0.25) is 23.5 Å². The molecule has 2 aromatic heterocycles. The van der Waals surface area contributed by atoms with Gasteiger partial charge < -0.3 is 0 Å². The molecule has 0 saturated carbocycles. The number of benzene rings is 1. The maximum atomic E-state index is 12.4. The zero-order valence-electron chi connectivity index (χ0n) is 12.3. The zero-order chi connectivity index (χ0) is 16.9. The molecule has 2 heterocycles. The molecule has 0 aliphatic heterocycles. The van der Waals surface area contributed by atoms with Crippen LogP contribution in [0.3, 0.4) is 0 Å². The minimum atomic E-state index is -0.565. The monoisotopic (exact) mass is 354 g/mol. The lowest BCUT2D eigenvalue weighted by atomic mass is 10.2. The van der Waals surface area contributed by atoms with Gasteiger partial charge in [0.1, 0.15) is 5.65 Å². The molecule has 3 aromatic rings. The molecule has 0 aliphatic rings. The van der Waals surface area contributed by atoms with Gasteiger partial charge in [0.05, 0.1) is 6.54 Å². The molecule has 0 radical (unpaired) electrons. The first kappa shape index (κ1) is 15.6. The number of fused-ring (bicyclic) bond motifs is 1. The van der Waals surface area contributed by atoms with Crippen molar-refractivity contribution in [3.63, 3.8) is 0 Å². The number of aromatic nitrogens is 4. The van der Waals surface area contributed by atoms with Gasteiger partial charge in [-0.2, -0.15) is 0 Å². The van der Waals surface area contributed by atoms with Crippen LogP contribution in [-0.4, -0.2) is 18.7 Å². The molecule has 0 atom stereocenters. The summed E-state index contributed by atoms with van der Waals surface area (Å²) in [7, 11) is 2.83. The van der Waals surface area contributed by atoms with Gasteiger partial charge in [-0.05, 0) is 12.1 Å². The van der Waals surface area contributed by atoms with Crippen LogP contribution in [0.15, 0.2) is 32.6 Å². The van der Waals surface area contributed by atoms with Crippen molar-refractivity contribution in [2.24, 2.45) is 14.1 Å². The summed E-state index contributed by atoms with van der Waals surface area (Å²) < 4.78 is 3.38. The van der Waals surface area contributed by atoms with Crippen molar-refractivity contribution >= 4 is 34.4 Å². The SMILES string of the molecule is Cn1c(=O)c2c([nH]c(=O)n2Cc2c(Cl)cccc2Cl)n(C)c1=O. The van der Waals surface area contributed by atoms with E-state index in [4.69, 9.17) is 23.2 Å². The molecule has 120 valence electrons. The standard InChI is InChI=1S/C14H12Cl2N4O3/c1-18-11-10(12(21)19(2)14(18)23)20(13(22)17-11)6-7-8(15)4-3-5-9(7)16/h3-5H,6H2,1-2H3,(H,17,22). The van der Waals surface area contributed by atoms with Gasteiger partial charge in [-0.15, -0.1) is 0 Å². The van der Waals surface area contributed by atoms with Crippen molar-refractivity contribution in [1.82, 2.24) is 18.7 Å². The van der Waals surface area contributed by atoms with E-state index in [2.05, 4.69) is 4.98 Å². The van der Waals surface area contributed by atoms with E-state index in [9.17, 15) is 14.4 Å². The molecule has 0 fully saturated rings. The van der Waals surface area contributed by atoms with E-state index in [1.165, 1.54) is 23.2 Å². The fourth-order valence-electron chi connectivity index (χ4n) is 2.48. The average Bonchev–Trinajstić information content (AvgIpc) is 2.84. The second-order valence-corrected chi connectivity index (χ2v) is 5.93. The molecular weight excluding hydrogens is 343 g/mol. The Kier molecular flexibility index (Phi) is 3.69. The number of nitrogens with one attached hydrogen (secondary N) is 1. The minimum Gasteiger partial charge on any atom is -0.291 e. The summed E-state index contributed by atoms with van der Waals surface area (Å²) >= 11 is 12.3. The molecule has 9 heteroatoms. The highest BCUT2D eigenvalue weighted by atomic mass is 35.5. The summed E-state index contributed by atoms with van der Waals surface area (Å²) in [4.78, 5) is 39.1. The molecule has 0 amide bonds. The molecule has 0 bridgehead atoms. The summed E-state index contributed by atoms with van der Waals surface area (Å²) in [5.41, 5.74) is -0.831. The number of nitrogens with zero attached hydrogens (tertiary/aromatic N) is 3. The Morgan fingerprint density at radius 3 is 2.26 bits per heavy atom. The van der Waals surface area contributed by atoms with E-state index < -0.39 is 16.9 Å². The lowest BCUT2D eigenvalue weighted by Crippen LogP contribution is -2.37. The summed E-state index contributed by atoms with van der Waals surface area (Å²) in [6.07, 6.45) is 0. The van der Waals surface area contributed by atoms with Crippen molar-refractivity contribution in [2.45, 2.75) is 6.54 Å². The lowest BCUT2D eigenvalue weighted by molar-refractivity contribution is 0.701. The van der Waals surface area contributed by atoms with Gasteiger partial charge in [-0.25, -0.2) is 9.59 Å². The number of hydrogen-bond donors (Lipinski definition) is 1. The van der Waals surface area contributed by atoms with Gasteiger partial charge in [-0.1, -0.05) is 29.3 Å². The number of H-pyrrole nitrogens is 1. The lowest BCUT2D eigenvalue weighted by Gasteiger charge is -2.09. The smallest absolute Gasteiger partial charge is 0.291 e. The Balaban J connectivity index is 2.36. The van der Waals surface area contributed by atoms with Crippen LogP contribution in [0.25, 0.3) is 11.2 Å². The molecule has 23 heavy (non-hydrogen) atoms. The number of aromatic amines is 1. The molecule has 3 rings (SSSR count). The third kappa shape index (κ3) is 2.32. The number of rotatable bonds is 2. The maximum absolute atomic E-state index is 12.4. The first-order valence-electron chi connectivity index (χ1n) is 6.64. The van der Waals surface area contributed by atoms with E-state index in [0.29, 0.717) is 15.6 Å². The molecule has 0 spiro atoms. The van der Waals surface area contributed by atoms with Gasteiger partial charge in [0.25, 0.3) is 5.56 Å². The average molecular weight is 355 g/mol. The van der Waals surface area contributed by atoms with Crippen LogP contribution in [0.2, 0.25) is 10.0 Å².